The van der Waals surface area contributed by atoms with E-state index in [0.29, 0.717) is 18.4 Å². The van der Waals surface area contributed by atoms with Crippen LogP contribution in [-0.2, 0) is 65.6 Å². The summed E-state index contributed by atoms with van der Waals surface area (Å²) in [6.07, 6.45) is -0.270. The van der Waals surface area contributed by atoms with E-state index in [9.17, 15) is 68.1 Å². The fourth-order valence-electron chi connectivity index (χ4n) is 8.25. The normalized spacial score (nSPS) is 14.2. The number of phenolic OH excluding ortho intramolecular Hbond substituents is 1. The average Bonchev–Trinajstić information content (AvgIpc) is 3.69. The highest BCUT2D eigenvalue weighted by Gasteiger charge is 2.34. The fraction of sp³-hybridized carbons (Fsp3) is 0.545. The lowest BCUT2D eigenvalue weighted by molar-refractivity contribution is -0.136. The summed E-state index contributed by atoms with van der Waals surface area (Å²) in [5.74, 6) is -10.0. The molecule has 0 aliphatic rings. The number of phenols is 1. The minimum Gasteiger partial charge on any atom is -0.508 e. The molecule has 0 aliphatic heterocycles. The number of primary amides is 1. The van der Waals surface area contributed by atoms with E-state index in [4.69, 9.17) is 40.1 Å². The fourth-order valence-corrected chi connectivity index (χ4v) is 8.25. The lowest BCUT2D eigenvalue weighted by atomic mass is 10.0. The summed E-state index contributed by atoms with van der Waals surface area (Å²) in [5.41, 5.74) is 40.3. The van der Waals surface area contributed by atoms with Crippen LogP contribution in [0.5, 0.6) is 5.75 Å². The van der Waals surface area contributed by atoms with E-state index in [1.54, 1.807) is 42.5 Å². The van der Waals surface area contributed by atoms with Crippen molar-refractivity contribution in [2.45, 2.75) is 139 Å². The number of aliphatic imine (C=N–C) groups is 2. The summed E-state index contributed by atoms with van der Waals surface area (Å²) in [4.78, 5) is 153. The average molecular weight is 1260 g/mol. The van der Waals surface area contributed by atoms with Crippen molar-refractivity contribution in [2.24, 2.45) is 50.1 Å². The number of hydrogen-bond acceptors (Lipinski definition) is 19. The van der Waals surface area contributed by atoms with Gasteiger partial charge < -0.3 is 114 Å². The molecule has 89 heavy (non-hydrogen) atoms. The Kier molecular flexibility index (Phi) is 34.9. The van der Waals surface area contributed by atoms with Crippen molar-refractivity contribution in [3.63, 3.8) is 0 Å². The van der Waals surface area contributed by atoms with E-state index in [1.807, 2.05) is 0 Å². The molecule has 10 atom stereocenters. The molecule has 0 heterocycles. The molecule has 0 aliphatic carbocycles. The number of benzene rings is 2. The molecule has 0 spiro atoms. The van der Waals surface area contributed by atoms with Gasteiger partial charge in [-0.3, -0.25) is 62.7 Å². The van der Waals surface area contributed by atoms with Crippen LogP contribution in [0.15, 0.2) is 64.6 Å². The number of carbonyl (C=O) groups excluding carboxylic acids is 11. The van der Waals surface area contributed by atoms with Gasteiger partial charge in [-0.1, -0.05) is 42.5 Å². The van der Waals surface area contributed by atoms with Crippen LogP contribution in [0, 0.1) is 0 Å². The molecule has 34 heteroatoms. The van der Waals surface area contributed by atoms with Gasteiger partial charge in [0.2, 0.25) is 65.0 Å². The molecular formula is C55H90N20O14. The highest BCUT2D eigenvalue weighted by molar-refractivity contribution is 5.98. The maximum absolute atomic E-state index is 14.0. The maximum Gasteiger partial charge on any atom is 0.245 e. The molecule has 0 radical (unpaired) electrons. The number of aromatic hydroxyl groups is 1. The van der Waals surface area contributed by atoms with Crippen molar-refractivity contribution in [3.8, 4) is 5.75 Å². The summed E-state index contributed by atoms with van der Waals surface area (Å²) in [6, 6.07) is 3.27. The number of hydrogen-bond donors (Lipinski definition) is 21. The van der Waals surface area contributed by atoms with E-state index >= 15 is 0 Å². The second kappa shape index (κ2) is 41.0. The molecule has 2 aromatic carbocycles. The second-order valence-electron chi connectivity index (χ2n) is 20.8. The van der Waals surface area contributed by atoms with Gasteiger partial charge in [0.25, 0.3) is 0 Å². The Morgan fingerprint density at radius 3 is 1.53 bits per heavy atom. The Morgan fingerprint density at radius 1 is 0.494 bits per heavy atom. The van der Waals surface area contributed by atoms with Crippen molar-refractivity contribution < 1.29 is 68.1 Å². The molecule has 0 saturated carbocycles. The Morgan fingerprint density at radius 2 is 0.978 bits per heavy atom. The highest BCUT2D eigenvalue weighted by atomic mass is 16.3. The molecule has 0 saturated heterocycles. The van der Waals surface area contributed by atoms with Crippen molar-refractivity contribution in [2.75, 3.05) is 52.4 Å². The zero-order valence-corrected chi connectivity index (χ0v) is 50.3. The second-order valence-corrected chi connectivity index (χ2v) is 20.8. The molecule has 0 aromatic heterocycles. The van der Waals surface area contributed by atoms with Gasteiger partial charge in [0.15, 0.2) is 11.9 Å². The van der Waals surface area contributed by atoms with Gasteiger partial charge in [-0.15, -0.1) is 0 Å². The van der Waals surface area contributed by atoms with Crippen molar-refractivity contribution in [3.05, 3.63) is 65.7 Å². The van der Waals surface area contributed by atoms with Crippen LogP contribution in [-0.4, -0.2) is 205 Å². The number of aliphatic hydroxyl groups excluding tert-OH is 2. The van der Waals surface area contributed by atoms with Gasteiger partial charge in [0, 0.05) is 32.1 Å². The maximum atomic E-state index is 14.0. The number of unbranched alkanes of at least 4 members (excludes halogenated alkanes) is 1. The molecule has 0 bridgehead atoms. The number of amides is 11. The minimum absolute atomic E-state index is 0.00236. The van der Waals surface area contributed by atoms with Crippen LogP contribution >= 0.6 is 0 Å². The summed E-state index contributed by atoms with van der Waals surface area (Å²) in [6.45, 7) is 1.82. The number of guanidine groups is 2. The predicted molar refractivity (Wildman–Crippen MR) is 326 cm³/mol. The van der Waals surface area contributed by atoms with Crippen molar-refractivity contribution in [1.29, 1.82) is 0 Å². The molecule has 0 fully saturated rings. The molecule has 2 rings (SSSR count). The van der Waals surface area contributed by atoms with E-state index in [-0.39, 0.29) is 101 Å². The van der Waals surface area contributed by atoms with E-state index in [0.717, 1.165) is 5.56 Å². The molecule has 34 nitrogen and oxygen atoms in total. The van der Waals surface area contributed by atoms with Gasteiger partial charge in [-0.25, -0.2) is 0 Å². The van der Waals surface area contributed by atoms with Crippen LogP contribution in [0.3, 0.4) is 0 Å². The van der Waals surface area contributed by atoms with Crippen LogP contribution in [0.4, 0.5) is 0 Å². The first-order valence-electron chi connectivity index (χ1n) is 28.8. The number of nitrogens with two attached hydrogens (primary N) is 7. The van der Waals surface area contributed by atoms with E-state index in [1.165, 1.54) is 32.9 Å². The Bertz CT molecular complexity index is 2700. The number of carbonyl (C=O) groups is 11. The zero-order chi connectivity index (χ0) is 66.6. The summed E-state index contributed by atoms with van der Waals surface area (Å²) < 4.78 is 0. The Labute approximate surface area is 515 Å². The minimum atomic E-state index is -1.69. The quantitative estimate of drug-likeness (QED) is 0.0167. The van der Waals surface area contributed by atoms with Gasteiger partial charge >= 0.3 is 0 Å². The lowest BCUT2D eigenvalue weighted by Gasteiger charge is -2.26. The van der Waals surface area contributed by atoms with Crippen LogP contribution in [0.25, 0.3) is 0 Å². The number of nitrogens with zero attached hydrogens (tertiary/aromatic N) is 2. The molecule has 2 aromatic rings. The first-order chi connectivity index (χ1) is 42.1. The smallest absolute Gasteiger partial charge is 0.245 e. The van der Waals surface area contributed by atoms with E-state index in [2.05, 4.69) is 68.5 Å². The van der Waals surface area contributed by atoms with Crippen molar-refractivity contribution >= 4 is 76.9 Å². The summed E-state index contributed by atoms with van der Waals surface area (Å²) in [5, 5.41) is 57.4. The molecule has 11 amide bonds. The highest BCUT2D eigenvalue weighted by Crippen LogP contribution is 2.12. The first-order valence-corrected chi connectivity index (χ1v) is 28.8. The first kappa shape index (κ1) is 75.8. The molecule has 494 valence electrons. The van der Waals surface area contributed by atoms with Crippen LogP contribution in [0.2, 0.25) is 0 Å². The third-order valence-corrected chi connectivity index (χ3v) is 13.1. The van der Waals surface area contributed by atoms with Gasteiger partial charge in [0.05, 0.1) is 32.3 Å². The number of rotatable bonds is 42. The van der Waals surface area contributed by atoms with Gasteiger partial charge in [-0.05, 0) is 102 Å². The van der Waals surface area contributed by atoms with Crippen LogP contribution in [0.1, 0.15) is 76.8 Å². The number of aliphatic hydroxyl groups is 2. The third-order valence-electron chi connectivity index (χ3n) is 13.1. The zero-order valence-electron chi connectivity index (χ0n) is 50.3. The van der Waals surface area contributed by atoms with Gasteiger partial charge in [0.1, 0.15) is 54.1 Å². The topological polar surface area (TPSA) is 588 Å². The molecule has 0 unspecified atom stereocenters. The standard InChI is InChI=1S/C55H90N20O14/c1-30(68-43(80)28-67-53(89)45(32(3)77)75-51(87)40(24-33-11-5-4-6-12-33)70-44(81)27-66-42(79)26-63-25-35(57)23-34-16-18-36(78)19-17-34)47(83)72-39(15-10-22-65-55(61)62)49(85)73-38(13-7-8-20-56)50(86)74-41(29-76)52(88)69-31(2)48(84)71-37(46(58)82)14-9-21-64-54(59)60/h4-6,11-12,16-19,30-32,35,37-41,45,63,76-78H,7-10,13-15,20-29,56-57H2,1-3H3,(H2,58,82)(H,66,79)(H,67,89)(H,68,80)(H,69,88)(H,70,81)(H,71,84)(H,72,83)(H,73,85)(H,74,86)(H,75,87)(H4,59,60,64)(H4,61,62,65)/t30-,31-,32+,35-,37-,38-,39-,40-,41-,45-/m0/s1. The van der Waals surface area contributed by atoms with Gasteiger partial charge in [-0.2, -0.15) is 0 Å². The summed E-state index contributed by atoms with van der Waals surface area (Å²) >= 11 is 0. The molecular weight excluding hydrogens is 1160 g/mol. The number of nitrogens with one attached hydrogen (secondary N) is 11. The Hall–Kier alpha value is -9.25. The Balaban J connectivity index is 2.11. The summed E-state index contributed by atoms with van der Waals surface area (Å²) in [7, 11) is 0. The largest absolute Gasteiger partial charge is 0.508 e. The third kappa shape index (κ3) is 31.3. The van der Waals surface area contributed by atoms with Crippen molar-refractivity contribution in [1.82, 2.24) is 58.5 Å². The lowest BCUT2D eigenvalue weighted by Crippen LogP contribution is -2.60. The van der Waals surface area contributed by atoms with E-state index < -0.39 is 139 Å². The molecule has 28 N–H and O–H groups in total. The predicted octanol–water partition coefficient (Wildman–Crippen LogP) is -8.66. The SMILES string of the molecule is C[C@H](NC(=O)CNC(=O)[C@@H](NC(=O)[C@H](Cc1ccccc1)NC(=O)CNC(=O)CNC[C@@H](N)Cc1ccc(O)cc1)[C@@H](C)O)C(=O)N[C@@H](CCCN=C(N)N)C(=O)N[C@@H](CCCCN)C(=O)N[C@@H](CO)C(=O)N[C@@H](C)C(=O)N[C@@H](CCCN=C(N)N)C(N)=O. The van der Waals surface area contributed by atoms with Crippen LogP contribution < -0.4 is 98.6 Å². The monoisotopic (exact) mass is 1250 g/mol.